The molecule has 0 aliphatic carbocycles. The number of aromatic nitrogens is 2. The van der Waals surface area contributed by atoms with Crippen LogP contribution in [0.3, 0.4) is 0 Å². The Kier molecular flexibility index (Phi) is 4.04. The van der Waals surface area contributed by atoms with Gasteiger partial charge in [0.15, 0.2) is 5.69 Å². The predicted octanol–water partition coefficient (Wildman–Crippen LogP) is 0.682. The normalized spacial score (nSPS) is 10.6. The van der Waals surface area contributed by atoms with Gasteiger partial charge in [0.05, 0.1) is 0 Å². The van der Waals surface area contributed by atoms with Gasteiger partial charge in [0.2, 0.25) is 0 Å². The second-order valence-electron chi connectivity index (χ2n) is 3.47. The van der Waals surface area contributed by atoms with Crippen molar-refractivity contribution in [3.63, 3.8) is 0 Å². The topological polar surface area (TPSA) is 87.1 Å². The molecular weight excluding hydrogens is 198 g/mol. The highest BCUT2D eigenvalue weighted by Gasteiger charge is 2.13. The van der Waals surface area contributed by atoms with Crippen LogP contribution in [0.1, 0.15) is 6.42 Å². The molecule has 0 unspecified atom stereocenters. The van der Waals surface area contributed by atoms with Crippen LogP contribution in [0, 0.1) is 10.1 Å². The van der Waals surface area contributed by atoms with Crippen LogP contribution in [0.4, 0.5) is 11.5 Å². The molecule has 1 aromatic rings. The Balaban J connectivity index is 2.37. The molecule has 0 saturated heterocycles. The Bertz CT molecular complexity index is 323. The van der Waals surface area contributed by atoms with Gasteiger partial charge in [-0.25, -0.2) is 0 Å². The quantitative estimate of drug-likeness (QED) is 0.412. The maximum Gasteiger partial charge on any atom is 0.366 e. The second kappa shape index (κ2) is 5.30. The molecule has 84 valence electrons. The average Bonchev–Trinajstić information content (AvgIpc) is 2.60. The van der Waals surface area contributed by atoms with E-state index in [1.807, 2.05) is 14.1 Å². The van der Waals surface area contributed by atoms with Crippen molar-refractivity contribution in [1.29, 1.82) is 0 Å². The number of aromatic amines is 1. The van der Waals surface area contributed by atoms with Crippen LogP contribution in [0.15, 0.2) is 6.20 Å². The molecule has 0 spiro atoms. The van der Waals surface area contributed by atoms with Crippen molar-refractivity contribution >= 4 is 11.5 Å². The first kappa shape index (κ1) is 11.4. The summed E-state index contributed by atoms with van der Waals surface area (Å²) in [5.41, 5.74) is 0.443. The lowest BCUT2D eigenvalue weighted by atomic mass is 10.4. The molecule has 0 amide bonds. The summed E-state index contributed by atoms with van der Waals surface area (Å²) in [6.45, 7) is 1.64. The van der Waals surface area contributed by atoms with Crippen LogP contribution < -0.4 is 5.32 Å². The highest BCUT2D eigenvalue weighted by atomic mass is 16.6. The monoisotopic (exact) mass is 213 g/mol. The maximum atomic E-state index is 10.5. The summed E-state index contributed by atoms with van der Waals surface area (Å²) in [5.74, 6) is -0.0835. The molecule has 0 atom stereocenters. The minimum atomic E-state index is -0.485. The van der Waals surface area contributed by atoms with Gasteiger partial charge in [0, 0.05) is 6.54 Å². The van der Waals surface area contributed by atoms with Gasteiger partial charge in [-0.15, -0.1) is 5.10 Å². The number of nitro groups is 1. The van der Waals surface area contributed by atoms with E-state index in [-0.39, 0.29) is 5.82 Å². The van der Waals surface area contributed by atoms with Crippen LogP contribution in [0.25, 0.3) is 0 Å². The average molecular weight is 213 g/mol. The van der Waals surface area contributed by atoms with E-state index in [9.17, 15) is 10.1 Å². The Morgan fingerprint density at radius 1 is 1.67 bits per heavy atom. The van der Waals surface area contributed by atoms with Gasteiger partial charge in [0.1, 0.15) is 6.20 Å². The SMILES string of the molecule is CN(C)CCCNc1cn[nH]c1[N+](=O)[O-]. The van der Waals surface area contributed by atoms with Crippen LogP contribution in [-0.4, -0.2) is 47.2 Å². The van der Waals surface area contributed by atoms with Gasteiger partial charge >= 0.3 is 5.82 Å². The van der Waals surface area contributed by atoms with E-state index in [0.717, 1.165) is 13.0 Å². The summed E-state index contributed by atoms with van der Waals surface area (Å²) >= 11 is 0. The molecular formula is C8H15N5O2. The summed E-state index contributed by atoms with van der Waals surface area (Å²) in [6, 6.07) is 0. The molecule has 0 aliphatic heterocycles. The summed E-state index contributed by atoms with van der Waals surface area (Å²) < 4.78 is 0. The number of nitrogens with one attached hydrogen (secondary N) is 2. The largest absolute Gasteiger partial charge is 0.377 e. The van der Waals surface area contributed by atoms with E-state index >= 15 is 0 Å². The molecule has 7 heteroatoms. The number of hydrogen-bond donors (Lipinski definition) is 2. The van der Waals surface area contributed by atoms with Crippen molar-refractivity contribution < 1.29 is 4.92 Å². The lowest BCUT2D eigenvalue weighted by Crippen LogP contribution is -2.16. The van der Waals surface area contributed by atoms with Crippen LogP contribution in [0.2, 0.25) is 0 Å². The summed E-state index contributed by atoms with van der Waals surface area (Å²) in [6.07, 6.45) is 2.35. The first-order chi connectivity index (χ1) is 7.11. The zero-order chi connectivity index (χ0) is 11.3. The van der Waals surface area contributed by atoms with Crippen molar-refractivity contribution in [3.8, 4) is 0 Å². The van der Waals surface area contributed by atoms with E-state index in [1.165, 1.54) is 6.20 Å². The van der Waals surface area contributed by atoms with Gasteiger partial charge < -0.3 is 20.3 Å². The molecule has 0 saturated carbocycles. The Morgan fingerprint density at radius 3 is 3.00 bits per heavy atom. The smallest absolute Gasteiger partial charge is 0.366 e. The Labute approximate surface area is 87.6 Å². The molecule has 2 N–H and O–H groups in total. The highest BCUT2D eigenvalue weighted by Crippen LogP contribution is 2.19. The lowest BCUT2D eigenvalue weighted by Gasteiger charge is -2.09. The molecule has 1 aromatic heterocycles. The molecule has 0 aliphatic rings. The van der Waals surface area contributed by atoms with Crippen LogP contribution >= 0.6 is 0 Å². The third-order valence-corrected chi connectivity index (χ3v) is 1.90. The maximum absolute atomic E-state index is 10.5. The van der Waals surface area contributed by atoms with Gasteiger partial charge in [-0.2, -0.15) is 0 Å². The van der Waals surface area contributed by atoms with Gasteiger partial charge in [-0.3, -0.25) is 0 Å². The summed E-state index contributed by atoms with van der Waals surface area (Å²) in [7, 11) is 3.97. The number of H-pyrrole nitrogens is 1. The fourth-order valence-corrected chi connectivity index (χ4v) is 1.17. The number of rotatable bonds is 6. The lowest BCUT2D eigenvalue weighted by molar-refractivity contribution is -0.388. The zero-order valence-electron chi connectivity index (χ0n) is 8.86. The first-order valence-electron chi connectivity index (χ1n) is 4.67. The third-order valence-electron chi connectivity index (χ3n) is 1.90. The standard InChI is InChI=1S/C8H15N5O2/c1-12(2)5-3-4-9-7-6-10-11-8(7)13(14)15/h6,9H,3-5H2,1-2H3,(H,10,11). The Hall–Kier alpha value is -1.63. The van der Waals surface area contributed by atoms with Crippen molar-refractivity contribution in [3.05, 3.63) is 16.3 Å². The third kappa shape index (κ3) is 3.55. The molecule has 15 heavy (non-hydrogen) atoms. The van der Waals surface area contributed by atoms with E-state index in [1.54, 1.807) is 0 Å². The molecule has 0 aromatic carbocycles. The second-order valence-corrected chi connectivity index (χ2v) is 3.47. The molecule has 1 rings (SSSR count). The van der Waals surface area contributed by atoms with Crippen molar-refractivity contribution in [2.24, 2.45) is 0 Å². The minimum absolute atomic E-state index is 0.0835. The zero-order valence-corrected chi connectivity index (χ0v) is 8.86. The number of nitrogens with zero attached hydrogens (tertiary/aromatic N) is 3. The summed E-state index contributed by atoms with van der Waals surface area (Å²) in [4.78, 5) is 12.1. The predicted molar refractivity (Wildman–Crippen MR) is 56.9 cm³/mol. The summed E-state index contributed by atoms with van der Waals surface area (Å²) in [5, 5.41) is 19.4. The fourth-order valence-electron chi connectivity index (χ4n) is 1.17. The first-order valence-corrected chi connectivity index (χ1v) is 4.67. The molecule has 0 radical (unpaired) electrons. The molecule has 1 heterocycles. The number of hydrogen-bond acceptors (Lipinski definition) is 5. The Morgan fingerprint density at radius 2 is 2.40 bits per heavy atom. The van der Waals surface area contributed by atoms with E-state index in [0.29, 0.717) is 12.2 Å². The van der Waals surface area contributed by atoms with Crippen LogP contribution in [0.5, 0.6) is 0 Å². The number of anilines is 1. The van der Waals surface area contributed by atoms with Crippen molar-refractivity contribution in [2.45, 2.75) is 6.42 Å². The fraction of sp³-hybridized carbons (Fsp3) is 0.625. The highest BCUT2D eigenvalue weighted by molar-refractivity contribution is 5.55. The van der Waals surface area contributed by atoms with E-state index in [4.69, 9.17) is 0 Å². The molecule has 7 nitrogen and oxygen atoms in total. The van der Waals surface area contributed by atoms with E-state index < -0.39 is 4.92 Å². The molecule has 0 fully saturated rings. The van der Waals surface area contributed by atoms with Crippen molar-refractivity contribution in [2.75, 3.05) is 32.5 Å². The minimum Gasteiger partial charge on any atom is -0.377 e. The van der Waals surface area contributed by atoms with Crippen LogP contribution in [-0.2, 0) is 0 Å². The molecule has 0 bridgehead atoms. The van der Waals surface area contributed by atoms with E-state index in [2.05, 4.69) is 20.4 Å². The van der Waals surface area contributed by atoms with Gasteiger partial charge in [-0.05, 0) is 32.0 Å². The van der Waals surface area contributed by atoms with Gasteiger partial charge in [-0.1, -0.05) is 5.10 Å². The van der Waals surface area contributed by atoms with Gasteiger partial charge in [0.25, 0.3) is 0 Å². The van der Waals surface area contributed by atoms with Crippen molar-refractivity contribution in [1.82, 2.24) is 15.1 Å².